The van der Waals surface area contributed by atoms with Crippen molar-refractivity contribution in [2.75, 3.05) is 6.61 Å². The lowest BCUT2D eigenvalue weighted by molar-refractivity contribution is -0.145. The third kappa shape index (κ3) is 5.44. The van der Waals surface area contributed by atoms with Crippen LogP contribution in [0.15, 0.2) is 121 Å². The van der Waals surface area contributed by atoms with E-state index in [-0.39, 0.29) is 12.5 Å². The normalized spacial score (nSPS) is 12.7. The quantitative estimate of drug-likeness (QED) is 0.191. The van der Waals surface area contributed by atoms with Crippen molar-refractivity contribution >= 4 is 40.8 Å². The second kappa shape index (κ2) is 12.4. The molecule has 0 saturated carbocycles. The first-order chi connectivity index (χ1) is 18.5. The van der Waals surface area contributed by atoms with E-state index in [1.165, 1.54) is 0 Å². The van der Waals surface area contributed by atoms with E-state index in [1.807, 2.05) is 97.1 Å². The molecule has 1 amide bonds. The number of hydrogen-bond donors (Lipinski definition) is 1. The summed E-state index contributed by atoms with van der Waals surface area (Å²) in [5.41, 5.74) is -0.726. The number of amides is 1. The Hall–Kier alpha value is -4.08. The van der Waals surface area contributed by atoms with Crippen molar-refractivity contribution in [2.24, 2.45) is 0 Å². The number of carbonyl (C=O) groups is 3. The van der Waals surface area contributed by atoms with Crippen molar-refractivity contribution in [3.8, 4) is 0 Å². The Morgan fingerprint density at radius 1 is 0.684 bits per heavy atom. The Kier molecular flexibility index (Phi) is 8.83. The topological polar surface area (TPSA) is 72.5 Å². The summed E-state index contributed by atoms with van der Waals surface area (Å²) in [6.07, 6.45) is 0. The Morgan fingerprint density at radius 3 is 1.47 bits per heavy atom. The molecule has 1 N–H and O–H groups in total. The van der Waals surface area contributed by atoms with Crippen LogP contribution in [-0.2, 0) is 14.3 Å². The van der Waals surface area contributed by atoms with Crippen LogP contribution in [0.4, 0.5) is 0 Å². The molecule has 4 aromatic carbocycles. The molecule has 4 aromatic rings. The van der Waals surface area contributed by atoms with Crippen LogP contribution in [0.3, 0.4) is 0 Å². The first-order valence-electron chi connectivity index (χ1n) is 12.6. The van der Waals surface area contributed by atoms with Crippen LogP contribution < -0.4 is 21.2 Å². The Balaban J connectivity index is 1.93. The number of Topliss-reactive ketones (excluding diaryl/α,β-unsaturated/α-hetero) is 1. The van der Waals surface area contributed by atoms with Crippen LogP contribution in [0.25, 0.3) is 0 Å². The molecule has 5 nitrogen and oxygen atoms in total. The van der Waals surface area contributed by atoms with E-state index in [1.54, 1.807) is 38.1 Å². The number of ketones is 1. The van der Waals surface area contributed by atoms with Gasteiger partial charge in [-0.05, 0) is 62.4 Å². The fourth-order valence-corrected chi connectivity index (χ4v) is 9.46. The van der Waals surface area contributed by atoms with Crippen molar-refractivity contribution < 1.29 is 19.1 Å². The molecule has 2 atom stereocenters. The van der Waals surface area contributed by atoms with Gasteiger partial charge < -0.3 is 10.1 Å². The summed E-state index contributed by atoms with van der Waals surface area (Å²) in [7, 11) is -2.95. The van der Waals surface area contributed by atoms with E-state index in [2.05, 4.69) is 5.32 Å². The van der Waals surface area contributed by atoms with Crippen molar-refractivity contribution in [1.29, 1.82) is 0 Å². The van der Waals surface area contributed by atoms with Crippen LogP contribution in [0, 0.1) is 0 Å². The number of esters is 1. The number of ether oxygens (including phenoxy) is 1. The van der Waals surface area contributed by atoms with Gasteiger partial charge in [-0.3, -0.25) is 9.59 Å². The monoisotopic (exact) mass is 524 g/mol. The molecule has 0 heterocycles. The molecular formula is C32H31NO4P+. The van der Waals surface area contributed by atoms with E-state index in [0.717, 1.165) is 15.9 Å². The van der Waals surface area contributed by atoms with Gasteiger partial charge in [-0.25, -0.2) is 4.79 Å². The van der Waals surface area contributed by atoms with Crippen molar-refractivity contribution in [2.45, 2.75) is 25.5 Å². The number of rotatable bonds is 10. The van der Waals surface area contributed by atoms with Crippen molar-refractivity contribution in [3.05, 3.63) is 127 Å². The summed E-state index contributed by atoms with van der Waals surface area (Å²) in [5, 5.41) is 5.46. The highest BCUT2D eigenvalue weighted by molar-refractivity contribution is 7.97. The van der Waals surface area contributed by atoms with E-state index in [9.17, 15) is 14.4 Å². The molecule has 0 saturated heterocycles. The summed E-state index contributed by atoms with van der Waals surface area (Å²) in [4.78, 5) is 41.3. The molecule has 0 aliphatic heterocycles. The molecule has 0 radical (unpaired) electrons. The van der Waals surface area contributed by atoms with Gasteiger partial charge in [0.25, 0.3) is 5.91 Å². The fourth-order valence-electron chi connectivity index (χ4n) is 4.75. The Bertz CT molecular complexity index is 1270. The number of nitrogens with one attached hydrogen (secondary N) is 1. The summed E-state index contributed by atoms with van der Waals surface area (Å²) in [6, 6.07) is 36.9. The van der Waals surface area contributed by atoms with E-state index >= 15 is 0 Å². The summed E-state index contributed by atoms with van der Waals surface area (Å²) in [6.45, 7) is 3.49. The summed E-state index contributed by atoms with van der Waals surface area (Å²) >= 11 is 0. The molecule has 0 aliphatic carbocycles. The maximum atomic E-state index is 14.4. The molecule has 4 rings (SSSR count). The minimum absolute atomic E-state index is 0.131. The van der Waals surface area contributed by atoms with Gasteiger partial charge in [0.1, 0.15) is 23.2 Å². The summed E-state index contributed by atoms with van der Waals surface area (Å²) in [5.74, 6) is -1.36. The highest BCUT2D eigenvalue weighted by Gasteiger charge is 2.60. The first kappa shape index (κ1) is 27.0. The van der Waals surface area contributed by atoms with Gasteiger partial charge in [0.05, 0.1) is 12.6 Å². The largest absolute Gasteiger partial charge is 0.463 e. The molecule has 192 valence electrons. The molecule has 0 fully saturated rings. The average molecular weight is 525 g/mol. The first-order valence-corrected chi connectivity index (χ1v) is 14.5. The minimum atomic E-state index is -2.95. The predicted molar refractivity (Wildman–Crippen MR) is 154 cm³/mol. The molecule has 0 bridgehead atoms. The van der Waals surface area contributed by atoms with Gasteiger partial charge in [-0.15, -0.1) is 0 Å². The number of benzene rings is 4. The maximum absolute atomic E-state index is 14.4. The zero-order chi connectivity index (χ0) is 27.0. The molecule has 38 heavy (non-hydrogen) atoms. The van der Waals surface area contributed by atoms with Gasteiger partial charge in [0.15, 0.2) is 0 Å². The van der Waals surface area contributed by atoms with Crippen LogP contribution in [-0.4, -0.2) is 36.0 Å². The second-order valence-electron chi connectivity index (χ2n) is 8.85. The molecule has 0 spiro atoms. The van der Waals surface area contributed by atoms with E-state index in [4.69, 9.17) is 4.74 Å². The average Bonchev–Trinajstić information content (AvgIpc) is 2.97. The summed E-state index contributed by atoms with van der Waals surface area (Å²) < 4.78 is 5.59. The second-order valence-corrected chi connectivity index (χ2v) is 12.4. The van der Waals surface area contributed by atoms with Gasteiger partial charge in [-0.1, -0.05) is 72.8 Å². The SMILES string of the molecule is CCOC(=O)C(C(=O)C(C)NC(=O)c1ccccc1)[P+](c1ccccc1)(c1ccccc1)c1ccccc1. The zero-order valence-corrected chi connectivity index (χ0v) is 22.4. The van der Waals surface area contributed by atoms with Gasteiger partial charge in [-0.2, -0.15) is 0 Å². The van der Waals surface area contributed by atoms with Crippen molar-refractivity contribution in [1.82, 2.24) is 5.32 Å². The third-order valence-electron chi connectivity index (χ3n) is 6.47. The van der Waals surface area contributed by atoms with Crippen LogP contribution in [0.5, 0.6) is 0 Å². The molecule has 0 aromatic heterocycles. The number of carbonyl (C=O) groups excluding carboxylic acids is 3. The molecule has 6 heteroatoms. The molecule has 2 unspecified atom stereocenters. The Morgan fingerprint density at radius 2 is 1.08 bits per heavy atom. The lowest BCUT2D eigenvalue weighted by Crippen LogP contribution is -2.53. The van der Waals surface area contributed by atoms with Crippen LogP contribution in [0.1, 0.15) is 24.2 Å². The highest BCUT2D eigenvalue weighted by Crippen LogP contribution is 2.60. The predicted octanol–water partition coefficient (Wildman–Crippen LogP) is 4.30. The van der Waals surface area contributed by atoms with Gasteiger partial charge >= 0.3 is 5.97 Å². The smallest absolute Gasteiger partial charge is 0.356 e. The molecular weight excluding hydrogens is 493 g/mol. The third-order valence-corrected chi connectivity index (χ3v) is 11.0. The molecule has 0 aliphatic rings. The van der Waals surface area contributed by atoms with Gasteiger partial charge in [0.2, 0.25) is 11.4 Å². The minimum Gasteiger partial charge on any atom is -0.463 e. The van der Waals surface area contributed by atoms with Crippen molar-refractivity contribution in [3.63, 3.8) is 0 Å². The lowest BCUT2D eigenvalue weighted by atomic mass is 10.1. The van der Waals surface area contributed by atoms with Crippen LogP contribution >= 0.6 is 7.26 Å². The number of hydrogen-bond acceptors (Lipinski definition) is 4. The highest BCUT2D eigenvalue weighted by atomic mass is 31.2. The lowest BCUT2D eigenvalue weighted by Gasteiger charge is -2.33. The maximum Gasteiger partial charge on any atom is 0.356 e. The van der Waals surface area contributed by atoms with E-state index < -0.39 is 30.7 Å². The van der Waals surface area contributed by atoms with E-state index in [0.29, 0.717) is 5.56 Å². The fraction of sp³-hybridized carbons (Fsp3) is 0.156. The van der Waals surface area contributed by atoms with Gasteiger partial charge in [0, 0.05) is 5.56 Å². The Labute approximate surface area is 224 Å². The van der Waals surface area contributed by atoms with Crippen LogP contribution in [0.2, 0.25) is 0 Å². The standard InChI is InChI=1S/C32H30NO4P/c1-3-37-32(36)30(29(34)24(2)33-31(35)25-16-8-4-9-17-25)38(26-18-10-5-11-19-26,27-20-12-6-13-21-27)28-22-14-7-15-23-28/h4-24,30H,3H2,1-2H3/p+1. The zero-order valence-electron chi connectivity index (χ0n) is 21.5.